The Labute approximate surface area is 292 Å². The van der Waals surface area contributed by atoms with Gasteiger partial charge in [0.05, 0.1) is 11.7 Å². The zero-order chi connectivity index (χ0) is 35.0. The van der Waals surface area contributed by atoms with Crippen LogP contribution < -0.4 is 14.2 Å². The van der Waals surface area contributed by atoms with E-state index < -0.39 is 11.9 Å². The van der Waals surface area contributed by atoms with Crippen molar-refractivity contribution < 1.29 is 33.3 Å². The summed E-state index contributed by atoms with van der Waals surface area (Å²) < 4.78 is 22.5. The van der Waals surface area contributed by atoms with Crippen LogP contribution in [0, 0.1) is 17.8 Å². The van der Waals surface area contributed by atoms with Crippen LogP contribution in [0.25, 0.3) is 11.1 Å². The van der Waals surface area contributed by atoms with Crippen molar-refractivity contribution in [3.05, 3.63) is 91.0 Å². The number of allylic oxidation sites excluding steroid dienone is 1. The van der Waals surface area contributed by atoms with Crippen molar-refractivity contribution in [2.45, 2.75) is 97.5 Å². The Balaban J connectivity index is 1.18. The zero-order valence-corrected chi connectivity index (χ0v) is 29.4. The summed E-state index contributed by atoms with van der Waals surface area (Å²) in [5.74, 6) is 1.66. The van der Waals surface area contributed by atoms with Gasteiger partial charge in [-0.15, -0.1) is 6.58 Å². The molecular weight excluding hydrogens is 616 g/mol. The molecule has 3 unspecified atom stereocenters. The molecule has 0 spiro atoms. The minimum Gasteiger partial charge on any atom is -0.427 e. The van der Waals surface area contributed by atoms with Crippen molar-refractivity contribution in [1.82, 2.24) is 0 Å². The first-order valence-corrected chi connectivity index (χ1v) is 17.9. The molecule has 0 bridgehead atoms. The second-order valence-electron chi connectivity index (χ2n) is 13.5. The molecule has 0 N–H and O–H groups in total. The predicted molar refractivity (Wildman–Crippen MR) is 193 cm³/mol. The first-order chi connectivity index (χ1) is 23.7. The van der Waals surface area contributed by atoms with Gasteiger partial charge in [-0.2, -0.15) is 0 Å². The maximum atomic E-state index is 12.8. The molecule has 1 aliphatic rings. The van der Waals surface area contributed by atoms with E-state index in [-0.39, 0.29) is 18.7 Å². The largest absolute Gasteiger partial charge is 0.427 e. The molecule has 1 saturated carbocycles. The van der Waals surface area contributed by atoms with Crippen LogP contribution in [0.5, 0.6) is 17.2 Å². The second kappa shape index (κ2) is 19.7. The van der Waals surface area contributed by atoms with Gasteiger partial charge in [-0.1, -0.05) is 83.2 Å². The van der Waals surface area contributed by atoms with Crippen LogP contribution >= 0.6 is 0 Å². The number of ether oxygens (including phenoxy) is 4. The molecule has 49 heavy (non-hydrogen) atoms. The summed E-state index contributed by atoms with van der Waals surface area (Å²) in [7, 11) is 0. The van der Waals surface area contributed by atoms with Crippen LogP contribution in [0.2, 0.25) is 0 Å². The Kier molecular flexibility index (Phi) is 15.1. The van der Waals surface area contributed by atoms with Crippen molar-refractivity contribution in [3.63, 3.8) is 0 Å². The van der Waals surface area contributed by atoms with Crippen molar-refractivity contribution in [2.75, 3.05) is 6.61 Å². The van der Waals surface area contributed by atoms with Gasteiger partial charge >= 0.3 is 17.9 Å². The number of benzene rings is 3. The lowest BCUT2D eigenvalue weighted by Crippen LogP contribution is -2.36. The van der Waals surface area contributed by atoms with Gasteiger partial charge in [-0.05, 0) is 110 Å². The molecule has 3 atom stereocenters. The summed E-state index contributed by atoms with van der Waals surface area (Å²) in [6, 6.07) is 20.8. The van der Waals surface area contributed by atoms with Gasteiger partial charge in [-0.3, -0.25) is 4.79 Å². The normalized spacial score (nSPS) is 17.3. The van der Waals surface area contributed by atoms with Crippen LogP contribution in [0.4, 0.5) is 0 Å². The van der Waals surface area contributed by atoms with Crippen molar-refractivity contribution >= 4 is 17.9 Å². The fourth-order valence-electron chi connectivity index (χ4n) is 6.35. The number of hydrogen-bond donors (Lipinski definition) is 0. The van der Waals surface area contributed by atoms with E-state index >= 15 is 0 Å². The quantitative estimate of drug-likeness (QED) is 0.0577. The topological polar surface area (TPSA) is 88.1 Å². The second-order valence-corrected chi connectivity index (χ2v) is 13.5. The van der Waals surface area contributed by atoms with Crippen molar-refractivity contribution in [1.29, 1.82) is 0 Å². The molecule has 4 rings (SSSR count). The lowest BCUT2D eigenvalue weighted by Gasteiger charge is -2.36. The van der Waals surface area contributed by atoms with E-state index in [1.165, 1.54) is 25.7 Å². The number of esters is 3. The highest BCUT2D eigenvalue weighted by Crippen LogP contribution is 2.35. The maximum Gasteiger partial charge on any atom is 0.343 e. The smallest absolute Gasteiger partial charge is 0.343 e. The third kappa shape index (κ3) is 12.6. The Hall–Kier alpha value is -4.23. The molecule has 0 aromatic heterocycles. The number of carbonyl (C=O) groups excluding carboxylic acids is 3. The van der Waals surface area contributed by atoms with Gasteiger partial charge in [0.25, 0.3) is 0 Å². The SMILES string of the molecule is C=CCCCCCCCCC(=O)Oc1ccc(OC(=O)c2ccc(-c3ccc(OC(=O)COC4CC(C)CCC4C(C)C)cc3)cc2)cc1. The zero-order valence-electron chi connectivity index (χ0n) is 29.4. The van der Waals surface area contributed by atoms with Gasteiger partial charge in [0.1, 0.15) is 23.9 Å². The molecule has 0 aliphatic heterocycles. The Morgan fingerprint density at radius 2 is 1.24 bits per heavy atom. The van der Waals surface area contributed by atoms with Crippen LogP contribution in [0.3, 0.4) is 0 Å². The van der Waals surface area contributed by atoms with E-state index in [2.05, 4.69) is 27.4 Å². The lowest BCUT2D eigenvalue weighted by molar-refractivity contribution is -0.145. The van der Waals surface area contributed by atoms with Gasteiger partial charge in [0.15, 0.2) is 0 Å². The average molecular weight is 669 g/mol. The Morgan fingerprint density at radius 3 is 1.86 bits per heavy atom. The highest BCUT2D eigenvalue weighted by molar-refractivity contribution is 5.91. The molecule has 7 nitrogen and oxygen atoms in total. The summed E-state index contributed by atoms with van der Waals surface area (Å²) in [6.07, 6.45) is 13.3. The van der Waals surface area contributed by atoms with E-state index in [0.717, 1.165) is 49.7 Å². The first-order valence-electron chi connectivity index (χ1n) is 17.9. The van der Waals surface area contributed by atoms with E-state index in [1.54, 1.807) is 48.5 Å². The summed E-state index contributed by atoms with van der Waals surface area (Å²) >= 11 is 0. The molecule has 0 radical (unpaired) electrons. The van der Waals surface area contributed by atoms with Gasteiger partial charge in [0.2, 0.25) is 0 Å². The average Bonchev–Trinajstić information content (AvgIpc) is 3.09. The highest BCUT2D eigenvalue weighted by atomic mass is 16.6. The number of hydrogen-bond acceptors (Lipinski definition) is 7. The number of unbranched alkanes of at least 4 members (excludes halogenated alkanes) is 6. The summed E-state index contributed by atoms with van der Waals surface area (Å²) in [5.41, 5.74) is 2.22. The van der Waals surface area contributed by atoms with Crippen LogP contribution in [-0.2, 0) is 14.3 Å². The third-order valence-corrected chi connectivity index (χ3v) is 9.22. The fourth-order valence-corrected chi connectivity index (χ4v) is 6.35. The van der Waals surface area contributed by atoms with Crippen molar-refractivity contribution in [2.24, 2.45) is 17.8 Å². The van der Waals surface area contributed by atoms with Crippen LogP contribution in [-0.4, -0.2) is 30.6 Å². The van der Waals surface area contributed by atoms with Gasteiger partial charge in [0, 0.05) is 6.42 Å². The fraction of sp³-hybridized carbons (Fsp3) is 0.452. The predicted octanol–water partition coefficient (Wildman–Crippen LogP) is 10.2. The van der Waals surface area contributed by atoms with E-state index in [4.69, 9.17) is 18.9 Å². The molecule has 1 aliphatic carbocycles. The molecule has 1 fully saturated rings. The highest BCUT2D eigenvalue weighted by Gasteiger charge is 2.32. The minimum absolute atomic E-state index is 0.0604. The monoisotopic (exact) mass is 668 g/mol. The van der Waals surface area contributed by atoms with Crippen LogP contribution in [0.15, 0.2) is 85.5 Å². The van der Waals surface area contributed by atoms with Crippen LogP contribution in [0.1, 0.15) is 102 Å². The number of carbonyl (C=O) groups is 3. The van der Waals surface area contributed by atoms with Crippen molar-refractivity contribution in [3.8, 4) is 28.4 Å². The molecule has 0 saturated heterocycles. The molecule has 0 amide bonds. The molecule has 0 heterocycles. The maximum absolute atomic E-state index is 12.8. The van der Waals surface area contributed by atoms with E-state index in [9.17, 15) is 14.4 Å². The Morgan fingerprint density at radius 1 is 0.714 bits per heavy atom. The summed E-state index contributed by atoms with van der Waals surface area (Å²) in [5, 5.41) is 0. The van der Waals surface area contributed by atoms with Gasteiger partial charge < -0.3 is 18.9 Å². The molecular formula is C42H52O7. The molecule has 262 valence electrons. The minimum atomic E-state index is -0.493. The Bertz CT molecular complexity index is 1470. The third-order valence-electron chi connectivity index (χ3n) is 9.22. The van der Waals surface area contributed by atoms with Gasteiger partial charge in [-0.25, -0.2) is 9.59 Å². The molecule has 3 aromatic carbocycles. The molecule has 3 aromatic rings. The first kappa shape index (κ1) is 37.6. The number of rotatable bonds is 18. The standard InChI is InChI=1S/C42H52O7/c1-5-6-7-8-9-10-11-12-13-40(43)47-36-23-25-37(26-24-36)49-42(45)34-17-15-32(16-18-34)33-19-21-35(22-20-33)48-41(44)29-46-39-28-31(4)14-27-38(39)30(2)3/h5,15-26,30-31,38-39H,1,6-14,27-29H2,2-4H3. The summed E-state index contributed by atoms with van der Waals surface area (Å²) in [4.78, 5) is 37.5. The lowest BCUT2D eigenvalue weighted by atomic mass is 9.75. The summed E-state index contributed by atoms with van der Waals surface area (Å²) in [6.45, 7) is 10.4. The van der Waals surface area contributed by atoms with E-state index in [0.29, 0.717) is 47.0 Å². The van der Waals surface area contributed by atoms with E-state index in [1.807, 2.05) is 30.3 Å². The molecule has 7 heteroatoms.